The van der Waals surface area contributed by atoms with E-state index in [1.165, 1.54) is 6.07 Å². The zero-order valence-electron chi connectivity index (χ0n) is 10.5. The molecule has 2 heterocycles. The number of rotatable bonds is 3. The van der Waals surface area contributed by atoms with Crippen molar-refractivity contribution in [3.63, 3.8) is 0 Å². The SMILES string of the molecule is CNc1ncc(F)c(Nc2c(Cl)cc(Cl)c3c2N=S=N3)n1. The molecule has 2 N–H and O–H groups in total. The highest BCUT2D eigenvalue weighted by Gasteiger charge is 2.20. The summed E-state index contributed by atoms with van der Waals surface area (Å²) in [6, 6.07) is 1.52. The highest BCUT2D eigenvalue weighted by molar-refractivity contribution is 7.58. The predicted molar refractivity (Wildman–Crippen MR) is 82.8 cm³/mol. The lowest BCUT2D eigenvalue weighted by Gasteiger charge is -2.12. The van der Waals surface area contributed by atoms with Crippen LogP contribution in [-0.2, 0) is 11.4 Å². The molecule has 108 valence electrons. The van der Waals surface area contributed by atoms with Crippen LogP contribution in [0.1, 0.15) is 0 Å². The second kappa shape index (κ2) is 5.55. The molecule has 0 fully saturated rings. The molecule has 0 amide bonds. The van der Waals surface area contributed by atoms with Gasteiger partial charge in [-0.1, -0.05) is 23.2 Å². The lowest BCUT2D eigenvalue weighted by atomic mass is 10.2. The molecular weight excluding hydrogens is 338 g/mol. The van der Waals surface area contributed by atoms with Crippen LogP contribution in [-0.4, -0.2) is 17.0 Å². The van der Waals surface area contributed by atoms with Crippen LogP contribution in [0.5, 0.6) is 0 Å². The number of nitrogens with one attached hydrogen (secondary N) is 2. The minimum absolute atomic E-state index is 0.0205. The fourth-order valence-electron chi connectivity index (χ4n) is 1.69. The maximum Gasteiger partial charge on any atom is 0.224 e. The van der Waals surface area contributed by atoms with Gasteiger partial charge in [-0.3, -0.25) is 0 Å². The lowest BCUT2D eigenvalue weighted by Crippen LogP contribution is -2.03. The summed E-state index contributed by atoms with van der Waals surface area (Å²) in [5, 5.41) is 6.22. The molecule has 1 aliphatic rings. The first-order chi connectivity index (χ1) is 10.1. The second-order valence-corrected chi connectivity index (χ2v) is 5.28. The van der Waals surface area contributed by atoms with E-state index in [1.54, 1.807) is 7.05 Å². The van der Waals surface area contributed by atoms with Gasteiger partial charge in [-0.05, 0) is 6.07 Å². The maximum atomic E-state index is 13.8. The van der Waals surface area contributed by atoms with E-state index >= 15 is 0 Å². The largest absolute Gasteiger partial charge is 0.357 e. The fraction of sp³-hybridized carbons (Fsp3) is 0.0909. The quantitative estimate of drug-likeness (QED) is 0.736. The van der Waals surface area contributed by atoms with Crippen LogP contribution >= 0.6 is 23.2 Å². The Morgan fingerprint density at radius 3 is 2.71 bits per heavy atom. The Morgan fingerprint density at radius 2 is 1.95 bits per heavy atom. The van der Waals surface area contributed by atoms with E-state index in [1.807, 2.05) is 0 Å². The van der Waals surface area contributed by atoms with Crippen molar-refractivity contribution in [2.24, 2.45) is 8.73 Å². The normalized spacial score (nSPS) is 12.0. The van der Waals surface area contributed by atoms with Crippen LogP contribution in [0.2, 0.25) is 10.0 Å². The average Bonchev–Trinajstić information content (AvgIpc) is 2.95. The zero-order valence-corrected chi connectivity index (χ0v) is 12.8. The van der Waals surface area contributed by atoms with E-state index in [4.69, 9.17) is 23.2 Å². The highest BCUT2D eigenvalue weighted by Crippen LogP contribution is 2.48. The summed E-state index contributed by atoms with van der Waals surface area (Å²) in [6.45, 7) is 0. The van der Waals surface area contributed by atoms with Crippen molar-refractivity contribution in [2.45, 2.75) is 0 Å². The molecule has 0 unspecified atom stereocenters. The van der Waals surface area contributed by atoms with Gasteiger partial charge in [-0.2, -0.15) is 13.7 Å². The van der Waals surface area contributed by atoms with Gasteiger partial charge in [0.2, 0.25) is 5.95 Å². The van der Waals surface area contributed by atoms with Gasteiger partial charge in [-0.25, -0.2) is 9.37 Å². The Hall–Kier alpha value is -1.77. The van der Waals surface area contributed by atoms with Gasteiger partial charge in [0, 0.05) is 7.05 Å². The molecule has 0 saturated carbocycles. The van der Waals surface area contributed by atoms with E-state index in [9.17, 15) is 4.39 Å². The van der Waals surface area contributed by atoms with Crippen molar-refractivity contribution in [1.82, 2.24) is 9.97 Å². The zero-order chi connectivity index (χ0) is 15.0. The van der Waals surface area contributed by atoms with Crippen LogP contribution in [0.15, 0.2) is 21.0 Å². The van der Waals surface area contributed by atoms with Gasteiger partial charge >= 0.3 is 0 Å². The number of hydrogen-bond donors (Lipinski definition) is 2. The second-order valence-electron chi connectivity index (χ2n) is 3.94. The van der Waals surface area contributed by atoms with Gasteiger partial charge in [0.15, 0.2) is 11.6 Å². The Labute approximate surface area is 132 Å². The predicted octanol–water partition coefficient (Wildman–Crippen LogP) is 4.43. The van der Waals surface area contributed by atoms with Crippen molar-refractivity contribution in [1.29, 1.82) is 0 Å². The van der Waals surface area contributed by atoms with Crippen LogP contribution in [0.25, 0.3) is 0 Å². The van der Waals surface area contributed by atoms with Gasteiger partial charge in [-0.15, -0.1) is 0 Å². The Balaban J connectivity index is 2.08. The standard InChI is InChI=1S/C11H7Cl2FN6S/c1-15-11-16-3-6(14)10(18-11)17-7-4(12)2-5(13)8-9(7)20-21-19-8/h2-3H,1H3,(H2,15,16,17,18). The summed E-state index contributed by atoms with van der Waals surface area (Å²) < 4.78 is 22.0. The third-order valence-corrected chi connectivity index (χ3v) is 3.77. The van der Waals surface area contributed by atoms with E-state index in [0.29, 0.717) is 27.1 Å². The summed E-state index contributed by atoms with van der Waals surface area (Å²) in [5.74, 6) is -0.360. The van der Waals surface area contributed by atoms with Crippen LogP contribution in [0.4, 0.5) is 33.2 Å². The van der Waals surface area contributed by atoms with Gasteiger partial charge in [0.25, 0.3) is 0 Å². The number of fused-ring (bicyclic) bond motifs is 1. The number of benzene rings is 1. The van der Waals surface area contributed by atoms with Gasteiger partial charge < -0.3 is 10.6 Å². The van der Waals surface area contributed by atoms with Gasteiger partial charge in [0.1, 0.15) is 11.4 Å². The van der Waals surface area contributed by atoms with Crippen molar-refractivity contribution in [2.75, 3.05) is 17.7 Å². The first-order valence-corrected chi connectivity index (χ1v) is 7.16. The molecule has 0 aliphatic carbocycles. The number of nitrogens with zero attached hydrogens (tertiary/aromatic N) is 4. The lowest BCUT2D eigenvalue weighted by molar-refractivity contribution is 0.619. The first kappa shape index (κ1) is 14.2. The number of anilines is 3. The molecule has 0 atom stereocenters. The third-order valence-electron chi connectivity index (χ3n) is 2.65. The van der Waals surface area contributed by atoms with Crippen LogP contribution in [0, 0.1) is 5.82 Å². The molecule has 3 rings (SSSR count). The summed E-state index contributed by atoms with van der Waals surface area (Å²) in [4.78, 5) is 7.77. The molecular formula is C11H7Cl2FN6S. The van der Waals surface area contributed by atoms with Crippen molar-refractivity contribution in [3.05, 3.63) is 28.1 Å². The topological polar surface area (TPSA) is 74.6 Å². The summed E-state index contributed by atoms with van der Waals surface area (Å²) in [5.41, 5.74) is 1.35. The molecule has 1 aromatic carbocycles. The molecule has 21 heavy (non-hydrogen) atoms. The first-order valence-electron chi connectivity index (χ1n) is 5.67. The molecule has 1 aromatic heterocycles. The Morgan fingerprint density at radius 1 is 1.19 bits per heavy atom. The van der Waals surface area contributed by atoms with Crippen molar-refractivity contribution >= 4 is 63.4 Å². The number of aromatic nitrogens is 2. The summed E-state index contributed by atoms with van der Waals surface area (Å²) >= 11 is 13.2. The molecule has 1 aliphatic heterocycles. The Bertz CT molecular complexity index is 806. The minimum atomic E-state index is -0.614. The monoisotopic (exact) mass is 344 g/mol. The Kier molecular flexibility index (Phi) is 3.75. The fourth-order valence-corrected chi connectivity index (χ4v) is 2.85. The average molecular weight is 345 g/mol. The minimum Gasteiger partial charge on any atom is -0.357 e. The van der Waals surface area contributed by atoms with Crippen LogP contribution in [0.3, 0.4) is 0 Å². The smallest absolute Gasteiger partial charge is 0.224 e. The molecule has 2 aromatic rings. The van der Waals surface area contributed by atoms with E-state index in [-0.39, 0.29) is 11.8 Å². The van der Waals surface area contributed by atoms with Crippen molar-refractivity contribution in [3.8, 4) is 0 Å². The van der Waals surface area contributed by atoms with E-state index in [0.717, 1.165) is 17.6 Å². The van der Waals surface area contributed by atoms with Gasteiger partial charge in [0.05, 0.1) is 33.3 Å². The maximum absolute atomic E-state index is 13.8. The van der Waals surface area contributed by atoms with E-state index in [2.05, 4.69) is 29.3 Å². The third kappa shape index (κ3) is 2.57. The van der Waals surface area contributed by atoms with Crippen molar-refractivity contribution < 1.29 is 4.39 Å². The summed E-state index contributed by atoms with van der Waals surface area (Å²) in [6.07, 6.45) is 1.06. The van der Waals surface area contributed by atoms with Crippen LogP contribution < -0.4 is 10.6 Å². The molecule has 0 spiro atoms. The molecule has 0 saturated heterocycles. The highest BCUT2D eigenvalue weighted by atomic mass is 35.5. The molecule has 0 bridgehead atoms. The van der Waals surface area contributed by atoms with E-state index < -0.39 is 5.82 Å². The molecule has 6 nitrogen and oxygen atoms in total. The number of hydrogen-bond acceptors (Lipinski definition) is 6. The molecule has 0 radical (unpaired) electrons. The summed E-state index contributed by atoms with van der Waals surface area (Å²) in [7, 11) is 1.63. The number of halogens is 3. The molecule has 10 heteroatoms.